The highest BCUT2D eigenvalue weighted by molar-refractivity contribution is 6.31. The van der Waals surface area contributed by atoms with Gasteiger partial charge in [0.1, 0.15) is 0 Å². The van der Waals surface area contributed by atoms with Gasteiger partial charge in [0.25, 0.3) is 0 Å². The van der Waals surface area contributed by atoms with Crippen LogP contribution < -0.4 is 10.6 Å². The molecule has 0 bridgehead atoms. The monoisotopic (exact) mass is 525 g/mol. The van der Waals surface area contributed by atoms with E-state index in [0.29, 0.717) is 28.4 Å². The first-order valence-electron chi connectivity index (χ1n) is 11.2. The number of hydrogen-bond donors (Lipinski definition) is 4. The Hall–Kier alpha value is -4.05. The number of carbonyl (C=O) groups excluding carboxylic acids is 2. The number of carbonyl (C=O) groups is 4. The molecule has 0 aliphatic carbocycles. The van der Waals surface area contributed by atoms with Gasteiger partial charge in [-0.25, -0.2) is 9.59 Å². The predicted octanol–water partition coefficient (Wildman–Crippen LogP) is 3.56. The van der Waals surface area contributed by atoms with E-state index in [-0.39, 0.29) is 24.3 Å². The van der Waals surface area contributed by atoms with E-state index in [9.17, 15) is 9.59 Å². The van der Waals surface area contributed by atoms with Crippen molar-refractivity contribution in [1.29, 1.82) is 0 Å². The first-order chi connectivity index (χ1) is 17.6. The molecule has 0 aliphatic heterocycles. The molecule has 1 amide bonds. The van der Waals surface area contributed by atoms with Crippen molar-refractivity contribution in [3.8, 4) is 0 Å². The van der Waals surface area contributed by atoms with Crippen LogP contribution in [0.3, 0.4) is 0 Å². The third kappa shape index (κ3) is 9.49. The minimum atomic E-state index is -1.82. The fraction of sp³-hybridized carbons (Fsp3) is 0.185. The van der Waals surface area contributed by atoms with E-state index in [1.54, 1.807) is 42.5 Å². The lowest BCUT2D eigenvalue weighted by atomic mass is 10.0. The number of rotatable bonds is 9. The van der Waals surface area contributed by atoms with Gasteiger partial charge in [0, 0.05) is 28.7 Å². The van der Waals surface area contributed by atoms with Gasteiger partial charge in [-0.1, -0.05) is 72.3 Å². The van der Waals surface area contributed by atoms with Crippen molar-refractivity contribution in [3.05, 3.63) is 101 Å². The predicted molar refractivity (Wildman–Crippen MR) is 141 cm³/mol. The Bertz CT molecular complexity index is 1210. The molecule has 10 heteroatoms. The van der Waals surface area contributed by atoms with Gasteiger partial charge in [0.05, 0.1) is 12.2 Å². The second-order valence-corrected chi connectivity index (χ2v) is 8.50. The fourth-order valence-corrected chi connectivity index (χ4v) is 3.52. The van der Waals surface area contributed by atoms with E-state index in [4.69, 9.17) is 31.4 Å². The fourth-order valence-electron chi connectivity index (χ4n) is 3.35. The molecule has 1 unspecified atom stereocenters. The van der Waals surface area contributed by atoms with Crippen LogP contribution in [0.4, 0.5) is 5.69 Å². The van der Waals surface area contributed by atoms with E-state index in [2.05, 4.69) is 27.7 Å². The third-order valence-corrected chi connectivity index (χ3v) is 5.39. The van der Waals surface area contributed by atoms with Crippen LogP contribution in [0.15, 0.2) is 78.9 Å². The van der Waals surface area contributed by atoms with Crippen LogP contribution in [0.5, 0.6) is 0 Å². The summed E-state index contributed by atoms with van der Waals surface area (Å²) in [5.41, 5.74) is 2.52. The molecule has 3 rings (SSSR count). The van der Waals surface area contributed by atoms with Crippen LogP contribution in [0, 0.1) is 0 Å². The van der Waals surface area contributed by atoms with Crippen LogP contribution in [-0.4, -0.2) is 65.9 Å². The van der Waals surface area contributed by atoms with Gasteiger partial charge in [-0.2, -0.15) is 0 Å². The average Bonchev–Trinajstić information content (AvgIpc) is 2.88. The van der Waals surface area contributed by atoms with E-state index in [1.165, 1.54) is 5.56 Å². The number of halogens is 1. The van der Waals surface area contributed by atoms with E-state index >= 15 is 0 Å². The number of nitrogens with zero attached hydrogens (tertiary/aromatic N) is 1. The third-order valence-electron chi connectivity index (χ3n) is 5.15. The molecule has 3 aromatic rings. The van der Waals surface area contributed by atoms with Crippen molar-refractivity contribution in [1.82, 2.24) is 10.2 Å². The molecular formula is C27H28ClN3O6. The van der Waals surface area contributed by atoms with Gasteiger partial charge in [-0.15, -0.1) is 0 Å². The second-order valence-electron chi connectivity index (χ2n) is 8.06. The lowest BCUT2D eigenvalue weighted by Crippen LogP contribution is -2.35. The van der Waals surface area contributed by atoms with Crippen molar-refractivity contribution < 1.29 is 29.4 Å². The van der Waals surface area contributed by atoms with E-state index in [1.807, 2.05) is 38.4 Å². The zero-order valence-corrected chi connectivity index (χ0v) is 21.1. The number of nitrogens with one attached hydrogen (secondary N) is 2. The highest BCUT2D eigenvalue weighted by Crippen LogP contribution is 2.24. The number of benzene rings is 3. The van der Waals surface area contributed by atoms with Crippen LogP contribution in [0.2, 0.25) is 5.02 Å². The van der Waals surface area contributed by atoms with Crippen LogP contribution in [-0.2, 0) is 14.4 Å². The number of aliphatic carboxylic acids is 2. The van der Waals surface area contributed by atoms with Crippen molar-refractivity contribution in [3.63, 3.8) is 0 Å². The second kappa shape index (κ2) is 14.5. The van der Waals surface area contributed by atoms with Crippen LogP contribution in [0.25, 0.3) is 0 Å². The maximum absolute atomic E-state index is 12.9. The summed E-state index contributed by atoms with van der Waals surface area (Å²) >= 11 is 6.11. The number of hydrogen-bond acceptors (Lipinski definition) is 6. The van der Waals surface area contributed by atoms with Crippen molar-refractivity contribution in [2.45, 2.75) is 6.04 Å². The Kier molecular flexibility index (Phi) is 11.4. The number of carboxylic acids is 2. The number of carboxylic acid groups (broad SMARTS) is 2. The summed E-state index contributed by atoms with van der Waals surface area (Å²) in [5, 5.41) is 21.3. The molecule has 194 valence electrons. The highest BCUT2D eigenvalue weighted by Gasteiger charge is 2.17. The van der Waals surface area contributed by atoms with Gasteiger partial charge < -0.3 is 25.7 Å². The molecule has 0 aliphatic rings. The first kappa shape index (κ1) is 29.2. The summed E-state index contributed by atoms with van der Waals surface area (Å²) < 4.78 is 0. The molecule has 0 saturated heterocycles. The van der Waals surface area contributed by atoms with Gasteiger partial charge >= 0.3 is 11.9 Å². The quantitative estimate of drug-likeness (QED) is 0.246. The summed E-state index contributed by atoms with van der Waals surface area (Å²) in [5.74, 6) is -4.07. The van der Waals surface area contributed by atoms with Crippen LogP contribution >= 0.6 is 11.6 Å². The number of amides is 1. The summed E-state index contributed by atoms with van der Waals surface area (Å²) in [4.78, 5) is 45.8. The SMILES string of the molecule is CN(C)C(CNCC(=O)Nc1ccc(Cl)cc1C(=O)c1ccccc1)c1ccccc1.O=C(O)C(=O)O. The molecule has 1 atom stereocenters. The van der Waals surface area contributed by atoms with Gasteiger partial charge in [-0.3, -0.25) is 9.59 Å². The molecular weight excluding hydrogens is 498 g/mol. The minimum absolute atomic E-state index is 0.124. The molecule has 0 radical (unpaired) electrons. The summed E-state index contributed by atoms with van der Waals surface area (Å²) in [6.45, 7) is 0.736. The molecule has 0 heterocycles. The Morgan fingerprint density at radius 3 is 1.97 bits per heavy atom. The smallest absolute Gasteiger partial charge is 0.414 e. The summed E-state index contributed by atoms with van der Waals surface area (Å²) in [6.07, 6.45) is 0. The number of anilines is 1. The maximum atomic E-state index is 12.9. The molecule has 4 N–H and O–H groups in total. The molecule has 3 aromatic carbocycles. The van der Waals surface area contributed by atoms with E-state index in [0.717, 1.165) is 0 Å². The lowest BCUT2D eigenvalue weighted by molar-refractivity contribution is -0.159. The molecule has 0 aromatic heterocycles. The highest BCUT2D eigenvalue weighted by atomic mass is 35.5. The largest absolute Gasteiger partial charge is 0.473 e. The first-order valence-corrected chi connectivity index (χ1v) is 11.6. The Balaban J connectivity index is 0.000000717. The maximum Gasteiger partial charge on any atom is 0.414 e. The lowest BCUT2D eigenvalue weighted by Gasteiger charge is -2.25. The summed E-state index contributed by atoms with van der Waals surface area (Å²) in [7, 11) is 4.02. The number of ketones is 1. The van der Waals surface area contributed by atoms with Crippen molar-refractivity contribution in [2.24, 2.45) is 0 Å². The van der Waals surface area contributed by atoms with Gasteiger partial charge in [0.2, 0.25) is 5.91 Å². The zero-order valence-electron chi connectivity index (χ0n) is 20.3. The van der Waals surface area contributed by atoms with Crippen molar-refractivity contribution >= 4 is 40.9 Å². The Labute approximate surface area is 219 Å². The number of likely N-dealkylation sites (N-methyl/N-ethyl adjacent to an activating group) is 1. The normalized spacial score (nSPS) is 11.1. The molecule has 37 heavy (non-hydrogen) atoms. The topological polar surface area (TPSA) is 136 Å². The molecule has 9 nitrogen and oxygen atoms in total. The van der Waals surface area contributed by atoms with Gasteiger partial charge in [0.15, 0.2) is 5.78 Å². The Morgan fingerprint density at radius 2 is 1.43 bits per heavy atom. The van der Waals surface area contributed by atoms with Gasteiger partial charge in [-0.05, 0) is 37.9 Å². The Morgan fingerprint density at radius 1 is 0.865 bits per heavy atom. The standard InChI is InChI=1S/C25H26ClN3O2.C2H2O4/c1-29(2)23(18-9-5-3-6-10-18)16-27-17-24(30)28-22-14-13-20(26)15-21(22)25(31)19-11-7-4-8-12-19;3-1(4)2(5)6/h3-15,23,27H,16-17H2,1-2H3,(H,28,30);(H,3,4)(H,5,6). The zero-order chi connectivity index (χ0) is 27.4. The molecule has 0 saturated carbocycles. The molecule has 0 spiro atoms. The molecule has 0 fully saturated rings. The van der Waals surface area contributed by atoms with Crippen LogP contribution in [0.1, 0.15) is 27.5 Å². The average molecular weight is 526 g/mol. The minimum Gasteiger partial charge on any atom is -0.473 e. The summed E-state index contributed by atoms with van der Waals surface area (Å²) in [6, 6.07) is 24.1. The van der Waals surface area contributed by atoms with E-state index < -0.39 is 11.9 Å². The van der Waals surface area contributed by atoms with Crippen molar-refractivity contribution in [2.75, 3.05) is 32.5 Å².